The third-order valence-electron chi connectivity index (χ3n) is 6.72. The average molecular weight is 648 g/mol. The molecule has 240 valence electrons. The number of halogens is 2. The van der Waals surface area contributed by atoms with Crippen LogP contribution >= 0.6 is 8.38 Å². The van der Waals surface area contributed by atoms with Crippen molar-refractivity contribution < 1.29 is 53.1 Å². The minimum Gasteiger partial charge on any atom is -0.394 e. The highest BCUT2D eigenvalue weighted by Gasteiger charge is 2.48. The van der Waals surface area contributed by atoms with E-state index in [0.717, 1.165) is 0 Å². The number of nitrogens with two attached hydrogens (primary N) is 2. The van der Waals surface area contributed by atoms with Crippen LogP contribution in [0.2, 0.25) is 0 Å². The molecule has 0 aliphatic carbocycles. The first-order chi connectivity index (χ1) is 20.9. The lowest BCUT2D eigenvalue weighted by atomic mass is 10.1. The highest BCUT2D eigenvalue weighted by molar-refractivity contribution is 7.45. The summed E-state index contributed by atoms with van der Waals surface area (Å²) in [7, 11) is -2.29. The van der Waals surface area contributed by atoms with Gasteiger partial charge in [0.1, 0.15) is 24.7 Å². The van der Waals surface area contributed by atoms with Crippen LogP contribution in [0.25, 0.3) is 22.1 Å². The molecule has 11 N–H and O–H groups in total. The molecule has 22 heteroatoms. The van der Waals surface area contributed by atoms with Crippen molar-refractivity contribution in [2.75, 3.05) is 24.4 Å². The molecule has 4 aromatic heterocycles. The number of aliphatic hydroxyl groups excluding tert-OH is 4. The van der Waals surface area contributed by atoms with Crippen LogP contribution in [-0.2, 0) is 19.0 Å². The molecule has 0 spiro atoms. The first kappa shape index (κ1) is 31.8. The molecule has 0 radical (unpaired) electrons. The Hall–Kier alpha value is -3.63. The zero-order chi connectivity index (χ0) is 31.9. The molecule has 0 aromatic carbocycles. The van der Waals surface area contributed by atoms with E-state index in [2.05, 4.69) is 29.5 Å². The van der Waals surface area contributed by atoms with E-state index in [1.165, 1.54) is 33.7 Å². The Labute approximate surface area is 244 Å². The van der Waals surface area contributed by atoms with E-state index in [4.69, 9.17) is 36.0 Å². The van der Waals surface area contributed by atoms with Crippen molar-refractivity contribution in [3.8, 4) is 0 Å². The van der Waals surface area contributed by atoms with Gasteiger partial charge in [0.15, 0.2) is 36.1 Å². The molecule has 4 aromatic rings. The standard InChI is InChI=1S/C11H14FN4O7P.C11H13FN4O4/c12-5-6(18)10(22-23-24(20)3-17)21-9(5)16-2-1-4-7(16)14-11(13)15-8(4)19;12-6-7(18)5(3-17)20-10(6)16-2-1-4-8(16)14-11(13)15-9(4)19/h1-2,5-6,9-10,17-18,20H,3H2,(H3,13,14,15,19);1-2,5-7,10,17-18H,3H2,(H3,13,14,15,19)/t5?,6-,9-,10-,24?;5-,6?,7+,10-/m11/s1. The number of anilines is 2. The van der Waals surface area contributed by atoms with Crippen molar-refractivity contribution in [1.82, 2.24) is 29.1 Å². The second-order valence-corrected chi connectivity index (χ2v) is 10.6. The maximum atomic E-state index is 14.3. The van der Waals surface area contributed by atoms with E-state index in [-0.39, 0.29) is 34.0 Å². The Balaban J connectivity index is 0.000000177. The van der Waals surface area contributed by atoms with Crippen molar-refractivity contribution in [1.29, 1.82) is 0 Å². The van der Waals surface area contributed by atoms with Crippen LogP contribution in [0.3, 0.4) is 0 Å². The molecule has 44 heavy (non-hydrogen) atoms. The lowest BCUT2D eigenvalue weighted by molar-refractivity contribution is -0.332. The maximum Gasteiger partial charge on any atom is 0.261 e. The lowest BCUT2D eigenvalue weighted by Crippen LogP contribution is -2.30. The molecule has 6 rings (SSSR count). The van der Waals surface area contributed by atoms with E-state index in [1.807, 2.05) is 0 Å². The van der Waals surface area contributed by atoms with E-state index in [9.17, 15) is 28.6 Å². The number of nitrogens with one attached hydrogen (secondary N) is 2. The first-order valence-corrected chi connectivity index (χ1v) is 14.0. The van der Waals surface area contributed by atoms with Gasteiger partial charge in [0.05, 0.1) is 17.4 Å². The van der Waals surface area contributed by atoms with Crippen LogP contribution in [-0.4, -0.2) is 104 Å². The van der Waals surface area contributed by atoms with Crippen LogP contribution < -0.4 is 22.6 Å². The van der Waals surface area contributed by atoms with Crippen molar-refractivity contribution in [3.05, 3.63) is 45.2 Å². The van der Waals surface area contributed by atoms with Gasteiger partial charge in [0, 0.05) is 12.4 Å². The molecule has 2 fully saturated rings. The number of fused-ring (bicyclic) bond motifs is 2. The number of aliphatic hydroxyl groups is 4. The highest BCUT2D eigenvalue weighted by Crippen LogP contribution is 2.38. The Morgan fingerprint density at radius 2 is 1.41 bits per heavy atom. The highest BCUT2D eigenvalue weighted by atomic mass is 31.2. The number of nitrogen functional groups attached to an aromatic ring is 2. The minimum atomic E-state index is -2.29. The predicted molar refractivity (Wildman–Crippen MR) is 145 cm³/mol. The fourth-order valence-corrected chi connectivity index (χ4v) is 4.87. The van der Waals surface area contributed by atoms with Crippen LogP contribution in [0.15, 0.2) is 34.1 Å². The number of hydrogen-bond donors (Lipinski definition) is 9. The monoisotopic (exact) mass is 648 g/mol. The van der Waals surface area contributed by atoms with Crippen LogP contribution in [0.5, 0.6) is 0 Å². The maximum absolute atomic E-state index is 14.3. The van der Waals surface area contributed by atoms with Gasteiger partial charge in [-0.15, -0.1) is 0 Å². The molecule has 3 unspecified atom stereocenters. The summed E-state index contributed by atoms with van der Waals surface area (Å²) in [5, 5.41) is 37.5. The van der Waals surface area contributed by atoms with Gasteiger partial charge in [-0.1, -0.05) is 0 Å². The second-order valence-electron chi connectivity index (χ2n) is 9.50. The molecule has 0 amide bonds. The number of H-pyrrole nitrogens is 2. The van der Waals surface area contributed by atoms with Crippen LogP contribution in [0.4, 0.5) is 20.7 Å². The molecule has 2 saturated heterocycles. The molecule has 9 atom stereocenters. The number of ether oxygens (including phenoxy) is 2. The zero-order valence-corrected chi connectivity index (χ0v) is 23.1. The fraction of sp³-hybridized carbons (Fsp3) is 0.455. The van der Waals surface area contributed by atoms with Gasteiger partial charge in [-0.25, -0.2) is 8.78 Å². The van der Waals surface area contributed by atoms with Gasteiger partial charge < -0.3 is 55.4 Å². The molecule has 0 saturated carbocycles. The van der Waals surface area contributed by atoms with Crippen LogP contribution in [0, 0.1) is 0 Å². The number of nitrogens with zero attached hydrogens (tertiary/aromatic N) is 4. The molecule has 0 bridgehead atoms. The Morgan fingerprint density at radius 1 is 0.909 bits per heavy atom. The molecular weight excluding hydrogens is 621 g/mol. The second kappa shape index (κ2) is 12.8. The van der Waals surface area contributed by atoms with Crippen molar-refractivity contribution in [2.45, 2.75) is 49.4 Å². The largest absolute Gasteiger partial charge is 0.394 e. The molecular formula is C22H27F2N8O11P. The van der Waals surface area contributed by atoms with Gasteiger partial charge in [0.25, 0.3) is 11.1 Å². The first-order valence-electron chi connectivity index (χ1n) is 12.6. The summed E-state index contributed by atoms with van der Waals surface area (Å²) in [6, 6.07) is 2.85. The minimum absolute atomic E-state index is 0.0671. The van der Waals surface area contributed by atoms with Gasteiger partial charge >= 0.3 is 0 Å². The van der Waals surface area contributed by atoms with Gasteiger partial charge in [-0.2, -0.15) is 19.5 Å². The third kappa shape index (κ3) is 5.89. The quantitative estimate of drug-likeness (QED) is 0.0592. The Kier molecular flexibility index (Phi) is 9.23. The Bertz CT molecular complexity index is 1740. The van der Waals surface area contributed by atoms with Crippen molar-refractivity contribution in [3.63, 3.8) is 0 Å². The van der Waals surface area contributed by atoms with E-state index in [1.54, 1.807) is 0 Å². The topological polar surface area (TPSA) is 291 Å². The molecule has 2 aliphatic heterocycles. The molecule has 2 aliphatic rings. The summed E-state index contributed by atoms with van der Waals surface area (Å²) in [4.78, 5) is 49.7. The summed E-state index contributed by atoms with van der Waals surface area (Å²) in [5.41, 5.74) is 10.2. The van der Waals surface area contributed by atoms with Crippen molar-refractivity contribution >= 4 is 42.3 Å². The average Bonchev–Trinajstić information content (AvgIpc) is 3.74. The summed E-state index contributed by atoms with van der Waals surface area (Å²) in [6.45, 7) is -0.507. The molecule has 19 nitrogen and oxygen atoms in total. The van der Waals surface area contributed by atoms with Gasteiger partial charge in [-0.3, -0.25) is 19.6 Å². The summed E-state index contributed by atoms with van der Waals surface area (Å²) in [6.07, 6.45) is -9.88. The Morgan fingerprint density at radius 3 is 1.89 bits per heavy atom. The van der Waals surface area contributed by atoms with Gasteiger partial charge in [-0.05, 0) is 12.1 Å². The third-order valence-corrected chi connectivity index (χ3v) is 7.22. The van der Waals surface area contributed by atoms with Gasteiger partial charge in [0.2, 0.25) is 26.6 Å². The molecule has 6 heterocycles. The number of alkyl halides is 2. The predicted octanol–water partition coefficient (Wildman–Crippen LogP) is -2.04. The summed E-state index contributed by atoms with van der Waals surface area (Å²) >= 11 is 0. The van der Waals surface area contributed by atoms with Crippen molar-refractivity contribution in [2.24, 2.45) is 0 Å². The van der Waals surface area contributed by atoms with E-state index in [0.29, 0.717) is 0 Å². The lowest BCUT2D eigenvalue weighted by Gasteiger charge is -2.16. The summed E-state index contributed by atoms with van der Waals surface area (Å²) < 4.78 is 45.8. The van der Waals surface area contributed by atoms with E-state index >= 15 is 0 Å². The number of hydrogen-bond acceptors (Lipinski definition) is 15. The summed E-state index contributed by atoms with van der Waals surface area (Å²) in [5.74, 6) is -0.262. The number of aromatic amines is 2. The van der Waals surface area contributed by atoms with Crippen LogP contribution in [0.1, 0.15) is 12.5 Å². The smallest absolute Gasteiger partial charge is 0.261 e. The number of aromatic nitrogens is 6. The SMILES string of the molecule is Nc1nc2c(ccn2[C@@H]2O[C@H](CO)[C@H](O)C2F)c(=O)[nH]1.Nc1nc2c(ccn2[C@@H]2O[C@H](OOP(O)CO)[C@H](O)C2F)c(=O)[nH]1. The number of rotatable bonds is 7. The fourth-order valence-electron chi connectivity index (χ4n) is 4.64. The normalized spacial score (nSPS) is 29.2. The van der Waals surface area contributed by atoms with E-state index < -0.39 is 81.8 Å². The zero-order valence-electron chi connectivity index (χ0n) is 22.2.